The summed E-state index contributed by atoms with van der Waals surface area (Å²) in [7, 11) is 0. The molecule has 0 aromatic carbocycles. The molecule has 0 aromatic heterocycles. The SMILES string of the molecule is CCSC(=S)N(N)N. The van der Waals surface area contributed by atoms with Crippen molar-refractivity contribution in [1.29, 1.82) is 0 Å². The first-order valence-electron chi connectivity index (χ1n) is 2.14. The quantitative estimate of drug-likeness (QED) is 0.316. The van der Waals surface area contributed by atoms with E-state index in [1.54, 1.807) is 0 Å². The lowest BCUT2D eigenvalue weighted by Crippen LogP contribution is -2.40. The van der Waals surface area contributed by atoms with E-state index in [-0.39, 0.29) is 0 Å². The zero-order valence-electron chi connectivity index (χ0n) is 4.63. The third kappa shape index (κ3) is 3.20. The molecule has 0 aliphatic heterocycles. The topological polar surface area (TPSA) is 55.3 Å². The third-order valence-electron chi connectivity index (χ3n) is 0.479. The molecule has 0 saturated heterocycles. The summed E-state index contributed by atoms with van der Waals surface area (Å²) >= 11 is 6.16. The Morgan fingerprint density at radius 2 is 2.25 bits per heavy atom. The van der Waals surface area contributed by atoms with Gasteiger partial charge in [0.2, 0.25) is 0 Å². The molecular formula is C3H9N3S2. The number of hydrogen-bond acceptors (Lipinski definition) is 4. The van der Waals surface area contributed by atoms with Crippen LogP contribution in [0.1, 0.15) is 6.92 Å². The second kappa shape index (κ2) is 4.08. The molecule has 0 aliphatic rings. The third-order valence-corrected chi connectivity index (χ3v) is 1.79. The molecule has 0 heterocycles. The fourth-order valence-corrected chi connectivity index (χ4v) is 0.948. The van der Waals surface area contributed by atoms with Crippen molar-refractivity contribution in [2.45, 2.75) is 6.92 Å². The largest absolute Gasteiger partial charge is 0.232 e. The first-order chi connectivity index (χ1) is 3.68. The van der Waals surface area contributed by atoms with Crippen molar-refractivity contribution in [2.75, 3.05) is 5.75 Å². The van der Waals surface area contributed by atoms with Crippen LogP contribution in [0.15, 0.2) is 0 Å². The zero-order chi connectivity index (χ0) is 6.57. The smallest absolute Gasteiger partial charge is 0.166 e. The molecule has 0 rings (SSSR count). The van der Waals surface area contributed by atoms with Gasteiger partial charge >= 0.3 is 0 Å². The Kier molecular flexibility index (Phi) is 4.16. The minimum absolute atomic E-state index is 0.521. The number of nitrogens with zero attached hydrogens (tertiary/aromatic N) is 1. The number of thiocarbonyl (C=S) groups is 1. The van der Waals surface area contributed by atoms with Gasteiger partial charge in [-0.1, -0.05) is 18.7 Å². The van der Waals surface area contributed by atoms with Crippen LogP contribution in [0.4, 0.5) is 0 Å². The van der Waals surface area contributed by atoms with E-state index in [9.17, 15) is 0 Å². The molecule has 0 amide bonds. The number of thioether (sulfide) groups is 1. The van der Waals surface area contributed by atoms with Crippen molar-refractivity contribution >= 4 is 28.3 Å². The van der Waals surface area contributed by atoms with Gasteiger partial charge in [0.25, 0.3) is 0 Å². The standard InChI is InChI=1S/C3H9N3S2/c1-2-8-3(7)6(4)5/h2,4-5H2,1H3. The van der Waals surface area contributed by atoms with Gasteiger partial charge in [0.05, 0.1) is 0 Å². The zero-order valence-corrected chi connectivity index (χ0v) is 6.26. The molecular weight excluding hydrogens is 142 g/mol. The second-order valence-electron chi connectivity index (χ2n) is 1.11. The number of nitrogens with two attached hydrogens (primary N) is 2. The van der Waals surface area contributed by atoms with Gasteiger partial charge in [-0.05, 0) is 18.0 Å². The van der Waals surface area contributed by atoms with Crippen LogP contribution in [-0.2, 0) is 0 Å². The summed E-state index contributed by atoms with van der Waals surface area (Å²) in [6.07, 6.45) is 0. The van der Waals surface area contributed by atoms with E-state index >= 15 is 0 Å². The van der Waals surface area contributed by atoms with Gasteiger partial charge in [0, 0.05) is 0 Å². The minimum Gasteiger partial charge on any atom is -0.232 e. The molecule has 0 unspecified atom stereocenters. The molecule has 0 radical (unpaired) electrons. The van der Waals surface area contributed by atoms with E-state index in [4.69, 9.17) is 23.9 Å². The monoisotopic (exact) mass is 151 g/mol. The first-order valence-corrected chi connectivity index (χ1v) is 3.54. The van der Waals surface area contributed by atoms with Crippen LogP contribution in [-0.4, -0.2) is 15.2 Å². The van der Waals surface area contributed by atoms with E-state index in [1.165, 1.54) is 11.8 Å². The predicted octanol–water partition coefficient (Wildman–Crippen LogP) is 0.0738. The minimum atomic E-state index is 0.521. The summed E-state index contributed by atoms with van der Waals surface area (Å²) in [6.45, 7) is 1.99. The van der Waals surface area contributed by atoms with Crippen molar-refractivity contribution in [2.24, 2.45) is 11.7 Å². The van der Waals surface area contributed by atoms with E-state index < -0.39 is 0 Å². The lowest BCUT2D eigenvalue weighted by Gasteiger charge is -2.09. The van der Waals surface area contributed by atoms with Crippen LogP contribution in [0.3, 0.4) is 0 Å². The average Bonchev–Trinajstić information content (AvgIpc) is 1.67. The maximum Gasteiger partial charge on any atom is 0.166 e. The van der Waals surface area contributed by atoms with Gasteiger partial charge < -0.3 is 0 Å². The fraction of sp³-hybridized carbons (Fsp3) is 0.667. The predicted molar refractivity (Wildman–Crippen MR) is 40.9 cm³/mol. The molecule has 0 spiro atoms. The van der Waals surface area contributed by atoms with Gasteiger partial charge in [-0.15, -0.1) is 0 Å². The number of hydrazine groups is 2. The van der Waals surface area contributed by atoms with Crippen molar-refractivity contribution in [3.8, 4) is 0 Å². The van der Waals surface area contributed by atoms with Crippen LogP contribution < -0.4 is 11.7 Å². The van der Waals surface area contributed by atoms with Crippen molar-refractivity contribution in [1.82, 2.24) is 5.12 Å². The van der Waals surface area contributed by atoms with E-state index in [2.05, 4.69) is 0 Å². The molecule has 5 heteroatoms. The van der Waals surface area contributed by atoms with Crippen LogP contribution in [0, 0.1) is 0 Å². The van der Waals surface area contributed by atoms with E-state index in [1.807, 2.05) is 6.92 Å². The summed E-state index contributed by atoms with van der Waals surface area (Å²) in [5.41, 5.74) is 0. The molecule has 48 valence electrons. The summed E-state index contributed by atoms with van der Waals surface area (Å²) in [5, 5.41) is 0.948. The van der Waals surface area contributed by atoms with Crippen LogP contribution in [0.25, 0.3) is 0 Å². The average molecular weight is 151 g/mol. The van der Waals surface area contributed by atoms with Gasteiger partial charge in [-0.2, -0.15) is 0 Å². The fourth-order valence-electron chi connectivity index (χ4n) is 0.198. The normalized spacial score (nSPS) is 8.88. The second-order valence-corrected chi connectivity index (χ2v) is 3.00. The molecule has 3 nitrogen and oxygen atoms in total. The highest BCUT2D eigenvalue weighted by Gasteiger charge is 1.95. The Morgan fingerprint density at radius 3 is 2.38 bits per heavy atom. The number of hydrogen-bond donors (Lipinski definition) is 2. The summed E-state index contributed by atoms with van der Waals surface area (Å²) in [4.78, 5) is 0. The lowest BCUT2D eigenvalue weighted by molar-refractivity contribution is 0.483. The Balaban J connectivity index is 3.33. The van der Waals surface area contributed by atoms with Crippen molar-refractivity contribution in [3.63, 3.8) is 0 Å². The molecule has 0 aromatic rings. The van der Waals surface area contributed by atoms with Crippen LogP contribution in [0.2, 0.25) is 0 Å². The lowest BCUT2D eigenvalue weighted by atomic mass is 11.0. The molecule has 8 heavy (non-hydrogen) atoms. The molecule has 0 aliphatic carbocycles. The summed E-state index contributed by atoms with van der Waals surface area (Å²) < 4.78 is 0.521. The Bertz CT molecular complexity index is 82.6. The molecule has 4 N–H and O–H groups in total. The summed E-state index contributed by atoms with van der Waals surface area (Å²) in [6, 6.07) is 0. The van der Waals surface area contributed by atoms with Crippen molar-refractivity contribution in [3.05, 3.63) is 0 Å². The first kappa shape index (κ1) is 8.16. The Hall–Kier alpha value is 0.160. The Labute approximate surface area is 58.3 Å². The number of rotatable bonds is 1. The van der Waals surface area contributed by atoms with Crippen LogP contribution in [0.5, 0.6) is 0 Å². The highest BCUT2D eigenvalue weighted by Crippen LogP contribution is 2.01. The van der Waals surface area contributed by atoms with E-state index in [0.717, 1.165) is 10.9 Å². The van der Waals surface area contributed by atoms with Gasteiger partial charge in [0.15, 0.2) is 4.32 Å². The molecule has 0 fully saturated rings. The van der Waals surface area contributed by atoms with Gasteiger partial charge in [0.1, 0.15) is 0 Å². The molecule has 0 atom stereocenters. The highest BCUT2D eigenvalue weighted by molar-refractivity contribution is 8.22. The molecule has 0 saturated carbocycles. The van der Waals surface area contributed by atoms with Gasteiger partial charge in [-0.25, -0.2) is 16.8 Å². The van der Waals surface area contributed by atoms with E-state index in [0.29, 0.717) is 4.32 Å². The van der Waals surface area contributed by atoms with Crippen LogP contribution >= 0.6 is 24.0 Å². The summed E-state index contributed by atoms with van der Waals surface area (Å²) in [5.74, 6) is 11.0. The Morgan fingerprint density at radius 1 is 1.75 bits per heavy atom. The molecule has 0 bridgehead atoms. The maximum absolute atomic E-state index is 5.07. The van der Waals surface area contributed by atoms with Crippen molar-refractivity contribution < 1.29 is 0 Å². The highest BCUT2D eigenvalue weighted by atomic mass is 32.2. The van der Waals surface area contributed by atoms with Gasteiger partial charge in [-0.3, -0.25) is 0 Å². The maximum atomic E-state index is 5.07.